The van der Waals surface area contributed by atoms with Crippen LogP contribution in [-0.4, -0.2) is 17.9 Å². The SMILES string of the molecule is CC(c1ccccc1Cl)N(C)C(=O)CC(N)c1ccccc1. The lowest BCUT2D eigenvalue weighted by Crippen LogP contribution is -2.32. The number of halogens is 1. The number of amides is 1. The molecule has 0 saturated heterocycles. The van der Waals surface area contributed by atoms with Crippen molar-refractivity contribution in [3.63, 3.8) is 0 Å². The molecule has 0 aliphatic carbocycles. The Labute approximate surface area is 136 Å². The van der Waals surface area contributed by atoms with Crippen LogP contribution in [0.2, 0.25) is 5.02 Å². The molecule has 0 fully saturated rings. The van der Waals surface area contributed by atoms with Crippen molar-refractivity contribution >= 4 is 17.5 Å². The minimum Gasteiger partial charge on any atom is -0.339 e. The Bertz CT molecular complexity index is 630. The van der Waals surface area contributed by atoms with E-state index in [1.54, 1.807) is 11.9 Å². The van der Waals surface area contributed by atoms with Gasteiger partial charge in [-0.1, -0.05) is 60.1 Å². The Morgan fingerprint density at radius 1 is 1.14 bits per heavy atom. The van der Waals surface area contributed by atoms with Crippen LogP contribution in [0.3, 0.4) is 0 Å². The molecule has 0 heterocycles. The molecule has 0 spiro atoms. The van der Waals surface area contributed by atoms with Gasteiger partial charge in [0.1, 0.15) is 0 Å². The van der Waals surface area contributed by atoms with Crippen LogP contribution >= 0.6 is 11.6 Å². The van der Waals surface area contributed by atoms with Crippen LogP contribution in [0.5, 0.6) is 0 Å². The van der Waals surface area contributed by atoms with Crippen LogP contribution in [0.1, 0.15) is 36.6 Å². The van der Waals surface area contributed by atoms with Crippen molar-refractivity contribution < 1.29 is 4.79 Å². The van der Waals surface area contributed by atoms with Gasteiger partial charge in [-0.15, -0.1) is 0 Å². The first-order chi connectivity index (χ1) is 10.5. The summed E-state index contributed by atoms with van der Waals surface area (Å²) in [6, 6.07) is 16.9. The molecule has 2 aromatic rings. The van der Waals surface area contributed by atoms with Crippen molar-refractivity contribution in [2.45, 2.75) is 25.4 Å². The zero-order chi connectivity index (χ0) is 16.1. The van der Waals surface area contributed by atoms with E-state index in [0.717, 1.165) is 11.1 Å². The van der Waals surface area contributed by atoms with Crippen molar-refractivity contribution in [3.8, 4) is 0 Å². The number of nitrogens with zero attached hydrogens (tertiary/aromatic N) is 1. The largest absolute Gasteiger partial charge is 0.339 e. The summed E-state index contributed by atoms with van der Waals surface area (Å²) in [5, 5.41) is 0.669. The molecule has 4 heteroatoms. The van der Waals surface area contributed by atoms with Crippen molar-refractivity contribution in [2.24, 2.45) is 5.73 Å². The number of nitrogens with two attached hydrogens (primary N) is 1. The van der Waals surface area contributed by atoms with E-state index in [1.807, 2.05) is 61.5 Å². The number of hydrogen-bond donors (Lipinski definition) is 1. The summed E-state index contributed by atoms with van der Waals surface area (Å²) in [6.07, 6.45) is 0.273. The third-order valence-corrected chi connectivity index (χ3v) is 4.30. The van der Waals surface area contributed by atoms with E-state index in [1.165, 1.54) is 0 Å². The summed E-state index contributed by atoms with van der Waals surface area (Å²) < 4.78 is 0. The predicted octanol–water partition coefficient (Wildman–Crippen LogP) is 3.95. The second-order valence-corrected chi connectivity index (χ2v) is 5.83. The third kappa shape index (κ3) is 3.87. The first-order valence-electron chi connectivity index (χ1n) is 7.31. The van der Waals surface area contributed by atoms with Crippen LogP contribution < -0.4 is 5.73 Å². The van der Waals surface area contributed by atoms with Crippen LogP contribution in [0.25, 0.3) is 0 Å². The second-order valence-electron chi connectivity index (χ2n) is 5.42. The highest BCUT2D eigenvalue weighted by atomic mass is 35.5. The first kappa shape index (κ1) is 16.5. The van der Waals surface area contributed by atoms with Gasteiger partial charge in [0.25, 0.3) is 0 Å². The zero-order valence-electron chi connectivity index (χ0n) is 12.9. The fraction of sp³-hybridized carbons (Fsp3) is 0.278. The molecule has 2 rings (SSSR count). The molecule has 0 aliphatic rings. The molecule has 0 bridgehead atoms. The van der Waals surface area contributed by atoms with Gasteiger partial charge in [-0.2, -0.15) is 0 Å². The van der Waals surface area contributed by atoms with Crippen LogP contribution in [-0.2, 0) is 4.79 Å². The molecular weight excluding hydrogens is 296 g/mol. The van der Waals surface area contributed by atoms with E-state index in [0.29, 0.717) is 5.02 Å². The summed E-state index contributed by atoms with van der Waals surface area (Å²) >= 11 is 6.21. The lowest BCUT2D eigenvalue weighted by atomic mass is 10.0. The van der Waals surface area contributed by atoms with E-state index in [-0.39, 0.29) is 24.4 Å². The van der Waals surface area contributed by atoms with E-state index < -0.39 is 0 Å². The maximum atomic E-state index is 12.5. The lowest BCUT2D eigenvalue weighted by Gasteiger charge is -2.27. The Kier molecular flexibility index (Phi) is 5.58. The third-order valence-electron chi connectivity index (χ3n) is 3.95. The van der Waals surface area contributed by atoms with Gasteiger partial charge in [-0.05, 0) is 24.1 Å². The summed E-state index contributed by atoms with van der Waals surface area (Å²) in [6.45, 7) is 1.97. The highest BCUT2D eigenvalue weighted by Crippen LogP contribution is 2.27. The van der Waals surface area contributed by atoms with Gasteiger partial charge in [0.15, 0.2) is 0 Å². The molecule has 0 saturated carbocycles. The smallest absolute Gasteiger partial charge is 0.224 e. The average molecular weight is 317 g/mol. The molecule has 2 aromatic carbocycles. The maximum Gasteiger partial charge on any atom is 0.224 e. The van der Waals surface area contributed by atoms with E-state index >= 15 is 0 Å². The number of hydrogen-bond acceptors (Lipinski definition) is 2. The van der Waals surface area contributed by atoms with Gasteiger partial charge >= 0.3 is 0 Å². The van der Waals surface area contributed by atoms with Gasteiger partial charge in [0.2, 0.25) is 5.91 Å². The van der Waals surface area contributed by atoms with E-state index in [4.69, 9.17) is 17.3 Å². The molecule has 2 atom stereocenters. The van der Waals surface area contributed by atoms with Gasteiger partial charge in [0, 0.05) is 24.5 Å². The molecule has 2 unspecified atom stereocenters. The molecule has 0 radical (unpaired) electrons. The van der Waals surface area contributed by atoms with Gasteiger partial charge < -0.3 is 10.6 Å². The summed E-state index contributed by atoms with van der Waals surface area (Å²) in [7, 11) is 1.79. The second kappa shape index (κ2) is 7.43. The van der Waals surface area contributed by atoms with Gasteiger partial charge in [-0.25, -0.2) is 0 Å². The summed E-state index contributed by atoms with van der Waals surface area (Å²) in [5.74, 6) is 0.00349. The normalized spacial score (nSPS) is 13.5. The van der Waals surface area contributed by atoms with Crippen LogP contribution in [0, 0.1) is 0 Å². The molecule has 1 amide bonds. The number of carbonyl (C=O) groups excluding carboxylic acids is 1. The highest BCUT2D eigenvalue weighted by Gasteiger charge is 2.21. The Balaban J connectivity index is 2.04. The Morgan fingerprint density at radius 3 is 2.36 bits per heavy atom. The summed E-state index contributed by atoms with van der Waals surface area (Å²) in [5.41, 5.74) is 8.03. The Hall–Kier alpha value is -1.84. The monoisotopic (exact) mass is 316 g/mol. The van der Waals surface area contributed by atoms with E-state index in [9.17, 15) is 4.79 Å². The summed E-state index contributed by atoms with van der Waals surface area (Å²) in [4.78, 5) is 14.2. The number of benzene rings is 2. The first-order valence-corrected chi connectivity index (χ1v) is 7.69. The molecule has 0 aromatic heterocycles. The van der Waals surface area contributed by atoms with Crippen molar-refractivity contribution in [1.29, 1.82) is 0 Å². The van der Waals surface area contributed by atoms with Crippen LogP contribution in [0.15, 0.2) is 54.6 Å². The molecule has 116 valence electrons. The maximum absolute atomic E-state index is 12.5. The predicted molar refractivity (Wildman–Crippen MR) is 90.6 cm³/mol. The molecule has 0 aliphatic heterocycles. The average Bonchev–Trinajstić information content (AvgIpc) is 2.54. The quantitative estimate of drug-likeness (QED) is 0.908. The Morgan fingerprint density at radius 2 is 1.73 bits per heavy atom. The number of rotatable bonds is 5. The molecule has 22 heavy (non-hydrogen) atoms. The van der Waals surface area contributed by atoms with Gasteiger partial charge in [0.05, 0.1) is 6.04 Å². The minimum absolute atomic E-state index is 0.00349. The fourth-order valence-corrected chi connectivity index (χ4v) is 2.68. The minimum atomic E-state index is -0.297. The van der Waals surface area contributed by atoms with Crippen molar-refractivity contribution in [3.05, 3.63) is 70.7 Å². The molecular formula is C18H21ClN2O. The van der Waals surface area contributed by atoms with Crippen LogP contribution in [0.4, 0.5) is 0 Å². The molecule has 3 nitrogen and oxygen atoms in total. The van der Waals surface area contributed by atoms with Crippen molar-refractivity contribution in [2.75, 3.05) is 7.05 Å². The topological polar surface area (TPSA) is 46.3 Å². The van der Waals surface area contributed by atoms with Gasteiger partial charge in [-0.3, -0.25) is 4.79 Å². The van der Waals surface area contributed by atoms with E-state index in [2.05, 4.69) is 0 Å². The zero-order valence-corrected chi connectivity index (χ0v) is 13.6. The fourth-order valence-electron chi connectivity index (χ4n) is 2.39. The molecule has 2 N–H and O–H groups in total. The lowest BCUT2D eigenvalue weighted by molar-refractivity contribution is -0.132. The standard InChI is InChI=1S/C18H21ClN2O/c1-13(15-10-6-7-11-16(15)19)21(2)18(22)12-17(20)14-8-4-3-5-9-14/h3-11,13,17H,12,20H2,1-2H3. The number of carbonyl (C=O) groups is 1. The van der Waals surface area contributed by atoms with Crippen molar-refractivity contribution in [1.82, 2.24) is 4.90 Å². The highest BCUT2D eigenvalue weighted by molar-refractivity contribution is 6.31.